The Morgan fingerprint density at radius 1 is 1.20 bits per heavy atom. The van der Waals surface area contributed by atoms with Crippen molar-refractivity contribution in [3.05, 3.63) is 57.3 Å². The van der Waals surface area contributed by atoms with Crippen LogP contribution in [0, 0.1) is 31.0 Å². The van der Waals surface area contributed by atoms with Crippen LogP contribution >= 0.6 is 0 Å². The van der Waals surface area contributed by atoms with E-state index < -0.39 is 32.2 Å². The van der Waals surface area contributed by atoms with Gasteiger partial charge in [0.1, 0.15) is 28.9 Å². The van der Waals surface area contributed by atoms with Crippen LogP contribution < -0.4 is 5.56 Å². The minimum absolute atomic E-state index is 0.00110. The fraction of sp³-hybridized carbons (Fsp3) is 0.368. The highest BCUT2D eigenvalue weighted by molar-refractivity contribution is 7.89. The van der Waals surface area contributed by atoms with Crippen molar-refractivity contribution in [3.63, 3.8) is 0 Å². The molecule has 0 atom stereocenters. The van der Waals surface area contributed by atoms with Crippen molar-refractivity contribution in [2.24, 2.45) is 0 Å². The first kappa shape index (κ1) is 21.6. The van der Waals surface area contributed by atoms with E-state index in [4.69, 9.17) is 0 Å². The largest absolute Gasteiger partial charge is 0.338 e. The number of nitriles is 1. The number of rotatable bonds is 4. The Labute approximate surface area is 173 Å². The fourth-order valence-electron chi connectivity index (χ4n) is 3.21. The van der Waals surface area contributed by atoms with Crippen molar-refractivity contribution in [1.29, 1.82) is 5.26 Å². The first-order valence-corrected chi connectivity index (χ1v) is 10.6. The van der Waals surface area contributed by atoms with Gasteiger partial charge in [-0.3, -0.25) is 9.59 Å². The standard InChI is InChI=1S/C19H20FN5O4S/c1-13-14(2)22-25(19(27)15(13)11-21)12-18(26)23-7-9-24(10-8-23)30(28,29)17-6-4-3-5-16(17)20/h3-6H,7-10,12H2,1-2H3. The molecule has 158 valence electrons. The molecular formula is C19H20FN5O4S. The van der Waals surface area contributed by atoms with Gasteiger partial charge in [0.05, 0.1) is 5.69 Å². The number of halogens is 1. The maximum atomic E-state index is 13.9. The van der Waals surface area contributed by atoms with Gasteiger partial charge >= 0.3 is 0 Å². The minimum atomic E-state index is -4.01. The molecule has 3 rings (SSSR count). The summed E-state index contributed by atoms with van der Waals surface area (Å²) in [5, 5.41) is 13.3. The van der Waals surface area contributed by atoms with E-state index >= 15 is 0 Å². The Morgan fingerprint density at radius 3 is 2.43 bits per heavy atom. The molecule has 0 saturated carbocycles. The van der Waals surface area contributed by atoms with E-state index in [1.807, 2.05) is 6.07 Å². The van der Waals surface area contributed by atoms with Gasteiger partial charge in [0.15, 0.2) is 0 Å². The molecule has 0 spiro atoms. The van der Waals surface area contributed by atoms with E-state index in [0.29, 0.717) is 11.3 Å². The number of nitrogens with zero attached hydrogens (tertiary/aromatic N) is 5. The van der Waals surface area contributed by atoms with E-state index in [1.165, 1.54) is 23.1 Å². The molecule has 1 aliphatic heterocycles. The highest BCUT2D eigenvalue weighted by Crippen LogP contribution is 2.20. The van der Waals surface area contributed by atoms with Gasteiger partial charge < -0.3 is 4.90 Å². The molecule has 1 aromatic heterocycles. The molecular weight excluding hydrogens is 413 g/mol. The molecule has 0 aliphatic carbocycles. The number of piperazine rings is 1. The summed E-state index contributed by atoms with van der Waals surface area (Å²) >= 11 is 0. The first-order chi connectivity index (χ1) is 14.2. The summed E-state index contributed by atoms with van der Waals surface area (Å²) in [4.78, 5) is 26.0. The average Bonchev–Trinajstić information content (AvgIpc) is 2.72. The van der Waals surface area contributed by atoms with Crippen molar-refractivity contribution >= 4 is 15.9 Å². The highest BCUT2D eigenvalue weighted by atomic mass is 32.2. The molecule has 1 aliphatic rings. The van der Waals surface area contributed by atoms with Gasteiger partial charge in [-0.2, -0.15) is 14.7 Å². The van der Waals surface area contributed by atoms with Crippen LogP contribution in [-0.4, -0.2) is 59.5 Å². The lowest BCUT2D eigenvalue weighted by Crippen LogP contribution is -2.51. The molecule has 0 unspecified atom stereocenters. The van der Waals surface area contributed by atoms with Gasteiger partial charge in [-0.05, 0) is 31.5 Å². The lowest BCUT2D eigenvalue weighted by molar-refractivity contribution is -0.133. The molecule has 30 heavy (non-hydrogen) atoms. The molecule has 2 heterocycles. The SMILES string of the molecule is Cc1nn(CC(=O)N2CCN(S(=O)(=O)c3ccccc3F)CC2)c(=O)c(C#N)c1C. The predicted molar refractivity (Wildman–Crippen MR) is 104 cm³/mol. The maximum Gasteiger partial charge on any atom is 0.285 e. The molecule has 0 radical (unpaired) electrons. The zero-order valence-corrected chi connectivity index (χ0v) is 17.3. The number of aryl methyl sites for hydroxylation is 1. The van der Waals surface area contributed by atoms with Crippen LogP contribution in [0.2, 0.25) is 0 Å². The maximum absolute atomic E-state index is 13.9. The third-order valence-electron chi connectivity index (χ3n) is 5.08. The van der Waals surface area contributed by atoms with E-state index in [-0.39, 0.29) is 38.3 Å². The van der Waals surface area contributed by atoms with Gasteiger partial charge in [-0.1, -0.05) is 12.1 Å². The quantitative estimate of drug-likeness (QED) is 0.689. The summed E-state index contributed by atoms with van der Waals surface area (Å²) in [5.41, 5.74) is 0.240. The van der Waals surface area contributed by atoms with Crippen molar-refractivity contribution < 1.29 is 17.6 Å². The van der Waals surface area contributed by atoms with Crippen molar-refractivity contribution in [2.75, 3.05) is 26.2 Å². The van der Waals surface area contributed by atoms with Gasteiger partial charge in [0.25, 0.3) is 5.56 Å². The minimum Gasteiger partial charge on any atom is -0.338 e. The number of sulfonamides is 1. The second kappa shape index (κ2) is 8.33. The van der Waals surface area contributed by atoms with Crippen molar-refractivity contribution in [3.8, 4) is 6.07 Å². The highest BCUT2D eigenvalue weighted by Gasteiger charge is 2.32. The summed E-state index contributed by atoms with van der Waals surface area (Å²) in [6, 6.07) is 6.97. The van der Waals surface area contributed by atoms with Gasteiger partial charge in [0, 0.05) is 26.2 Å². The van der Waals surface area contributed by atoms with Crippen molar-refractivity contribution in [2.45, 2.75) is 25.3 Å². The van der Waals surface area contributed by atoms with E-state index in [9.17, 15) is 27.7 Å². The number of amides is 1. The summed E-state index contributed by atoms with van der Waals surface area (Å²) in [7, 11) is -4.01. The molecule has 1 fully saturated rings. The summed E-state index contributed by atoms with van der Waals surface area (Å²) in [5.74, 6) is -1.25. The number of hydrogen-bond acceptors (Lipinski definition) is 6. The topological polar surface area (TPSA) is 116 Å². The second-order valence-corrected chi connectivity index (χ2v) is 8.78. The van der Waals surface area contributed by atoms with Crippen LogP contribution in [0.15, 0.2) is 34.0 Å². The van der Waals surface area contributed by atoms with E-state index in [1.54, 1.807) is 13.8 Å². The smallest absolute Gasteiger partial charge is 0.285 e. The Morgan fingerprint density at radius 2 is 1.83 bits per heavy atom. The van der Waals surface area contributed by atoms with Crippen LogP contribution in [0.5, 0.6) is 0 Å². The molecule has 0 N–H and O–H groups in total. The molecule has 2 aromatic rings. The molecule has 11 heteroatoms. The Kier molecular flexibility index (Phi) is 6.00. The molecule has 1 amide bonds. The second-order valence-electron chi connectivity index (χ2n) is 6.88. The average molecular weight is 433 g/mol. The number of hydrogen-bond donors (Lipinski definition) is 0. The van der Waals surface area contributed by atoms with Crippen LogP contribution in [0.1, 0.15) is 16.8 Å². The third kappa shape index (κ3) is 3.96. The first-order valence-electron chi connectivity index (χ1n) is 9.17. The number of carbonyl (C=O) groups excluding carboxylic acids is 1. The lowest BCUT2D eigenvalue weighted by Gasteiger charge is -2.34. The summed E-state index contributed by atoms with van der Waals surface area (Å²) in [6.45, 7) is 3.10. The Balaban J connectivity index is 1.71. The predicted octanol–water partition coefficient (Wildman–Crippen LogP) is 0.404. The van der Waals surface area contributed by atoms with Gasteiger partial charge in [-0.15, -0.1) is 0 Å². The fourth-order valence-corrected chi connectivity index (χ4v) is 4.70. The third-order valence-corrected chi connectivity index (χ3v) is 7.01. The molecule has 1 saturated heterocycles. The normalized spacial score (nSPS) is 15.1. The lowest BCUT2D eigenvalue weighted by atomic mass is 10.1. The molecule has 9 nitrogen and oxygen atoms in total. The van der Waals surface area contributed by atoms with Gasteiger partial charge in [-0.25, -0.2) is 17.5 Å². The van der Waals surface area contributed by atoms with Gasteiger partial charge in [0.2, 0.25) is 15.9 Å². The van der Waals surface area contributed by atoms with Crippen molar-refractivity contribution in [1.82, 2.24) is 19.0 Å². The number of carbonyl (C=O) groups is 1. The van der Waals surface area contributed by atoms with Crippen LogP contribution in [0.4, 0.5) is 4.39 Å². The Hall–Kier alpha value is -3.10. The monoisotopic (exact) mass is 433 g/mol. The molecule has 1 aromatic carbocycles. The zero-order chi connectivity index (χ0) is 22.1. The summed E-state index contributed by atoms with van der Waals surface area (Å²) in [6.07, 6.45) is 0. The molecule has 0 bridgehead atoms. The van der Waals surface area contributed by atoms with E-state index in [0.717, 1.165) is 15.1 Å². The summed E-state index contributed by atoms with van der Waals surface area (Å²) < 4.78 is 41.3. The van der Waals surface area contributed by atoms with Crippen LogP contribution in [0.25, 0.3) is 0 Å². The van der Waals surface area contributed by atoms with E-state index in [2.05, 4.69) is 5.10 Å². The number of benzene rings is 1. The van der Waals surface area contributed by atoms with Crippen LogP contribution in [0.3, 0.4) is 0 Å². The van der Waals surface area contributed by atoms with Crippen LogP contribution in [-0.2, 0) is 21.4 Å². The zero-order valence-electron chi connectivity index (χ0n) is 16.5. The Bertz CT molecular complexity index is 1190. The number of aromatic nitrogens is 2.